The van der Waals surface area contributed by atoms with E-state index in [4.69, 9.17) is 5.84 Å². The molecule has 2 nitrogen and oxygen atoms in total. The van der Waals surface area contributed by atoms with E-state index >= 15 is 0 Å². The SMILES string of the molecule is Cc1cccc(C)c1C(NN)C(C)C. The normalized spacial score (nSPS) is 13.3. The summed E-state index contributed by atoms with van der Waals surface area (Å²) in [5, 5.41) is 0. The first-order valence-corrected chi connectivity index (χ1v) is 5.10. The molecule has 3 N–H and O–H groups in total. The maximum absolute atomic E-state index is 5.59. The van der Waals surface area contributed by atoms with Gasteiger partial charge in [0.1, 0.15) is 0 Å². The van der Waals surface area contributed by atoms with Crippen LogP contribution in [0.4, 0.5) is 0 Å². The van der Waals surface area contributed by atoms with Crippen molar-refractivity contribution in [3.8, 4) is 0 Å². The van der Waals surface area contributed by atoms with E-state index in [0.717, 1.165) is 0 Å². The van der Waals surface area contributed by atoms with Crippen LogP contribution < -0.4 is 11.3 Å². The van der Waals surface area contributed by atoms with Gasteiger partial charge in [-0.2, -0.15) is 0 Å². The Morgan fingerprint density at radius 3 is 2.00 bits per heavy atom. The third kappa shape index (κ3) is 2.14. The third-order valence-electron chi connectivity index (χ3n) is 2.70. The molecule has 14 heavy (non-hydrogen) atoms. The van der Waals surface area contributed by atoms with Crippen molar-refractivity contribution in [3.05, 3.63) is 34.9 Å². The molecule has 0 aliphatic rings. The molecule has 0 aliphatic carbocycles. The summed E-state index contributed by atoms with van der Waals surface area (Å²) >= 11 is 0. The van der Waals surface area contributed by atoms with Crippen LogP contribution in [-0.4, -0.2) is 0 Å². The summed E-state index contributed by atoms with van der Waals surface area (Å²) in [7, 11) is 0. The molecular formula is C12H20N2. The Labute approximate surface area is 86.5 Å². The molecule has 0 saturated heterocycles. The van der Waals surface area contributed by atoms with Crippen molar-refractivity contribution < 1.29 is 0 Å². The van der Waals surface area contributed by atoms with Crippen LogP contribution >= 0.6 is 0 Å². The number of nitrogens with one attached hydrogen (secondary N) is 1. The highest BCUT2D eigenvalue weighted by Gasteiger charge is 2.17. The van der Waals surface area contributed by atoms with Crippen molar-refractivity contribution in [2.24, 2.45) is 11.8 Å². The minimum absolute atomic E-state index is 0.246. The van der Waals surface area contributed by atoms with Crippen molar-refractivity contribution in [1.29, 1.82) is 0 Å². The van der Waals surface area contributed by atoms with E-state index in [1.807, 2.05) is 0 Å². The van der Waals surface area contributed by atoms with Crippen molar-refractivity contribution in [2.75, 3.05) is 0 Å². The highest BCUT2D eigenvalue weighted by Crippen LogP contribution is 2.26. The second-order valence-electron chi connectivity index (χ2n) is 4.19. The number of rotatable bonds is 3. The van der Waals surface area contributed by atoms with Gasteiger partial charge in [-0.1, -0.05) is 32.0 Å². The summed E-state index contributed by atoms with van der Waals surface area (Å²) in [5.74, 6) is 6.09. The van der Waals surface area contributed by atoms with Crippen molar-refractivity contribution in [3.63, 3.8) is 0 Å². The van der Waals surface area contributed by atoms with Gasteiger partial charge < -0.3 is 0 Å². The minimum atomic E-state index is 0.246. The second kappa shape index (κ2) is 4.58. The van der Waals surface area contributed by atoms with Crippen molar-refractivity contribution >= 4 is 0 Å². The summed E-state index contributed by atoms with van der Waals surface area (Å²) in [5.41, 5.74) is 6.85. The smallest absolute Gasteiger partial charge is 0.0488 e. The molecular weight excluding hydrogens is 172 g/mol. The lowest BCUT2D eigenvalue weighted by atomic mass is 9.90. The topological polar surface area (TPSA) is 38.0 Å². The standard InChI is InChI=1S/C12H20N2/c1-8(2)12(14-13)11-9(3)6-5-7-10(11)4/h5-8,12,14H,13H2,1-4H3. The number of aryl methyl sites for hydroxylation is 2. The monoisotopic (exact) mass is 192 g/mol. The maximum atomic E-state index is 5.59. The molecule has 2 heteroatoms. The van der Waals surface area contributed by atoms with Gasteiger partial charge >= 0.3 is 0 Å². The Morgan fingerprint density at radius 1 is 1.14 bits per heavy atom. The average molecular weight is 192 g/mol. The Kier molecular flexibility index (Phi) is 3.67. The molecule has 0 radical (unpaired) electrons. The molecule has 0 amide bonds. The van der Waals surface area contributed by atoms with E-state index in [2.05, 4.69) is 51.3 Å². The molecule has 0 saturated carbocycles. The molecule has 0 aliphatic heterocycles. The van der Waals surface area contributed by atoms with Gasteiger partial charge in [0.25, 0.3) is 0 Å². The average Bonchev–Trinajstić information content (AvgIpc) is 2.10. The number of hydrogen-bond donors (Lipinski definition) is 2. The zero-order valence-corrected chi connectivity index (χ0v) is 9.46. The van der Waals surface area contributed by atoms with Crippen LogP contribution in [0.3, 0.4) is 0 Å². The number of hydrazine groups is 1. The van der Waals surface area contributed by atoms with Crippen LogP contribution in [-0.2, 0) is 0 Å². The lowest BCUT2D eigenvalue weighted by molar-refractivity contribution is 0.418. The molecule has 0 bridgehead atoms. The van der Waals surface area contributed by atoms with Gasteiger partial charge in [-0.25, -0.2) is 0 Å². The zero-order chi connectivity index (χ0) is 10.7. The lowest BCUT2D eigenvalue weighted by Crippen LogP contribution is -2.32. The molecule has 1 aromatic rings. The van der Waals surface area contributed by atoms with Crippen molar-refractivity contribution in [2.45, 2.75) is 33.7 Å². The molecule has 1 unspecified atom stereocenters. The second-order valence-corrected chi connectivity index (χ2v) is 4.19. The molecule has 0 fully saturated rings. The Balaban J connectivity index is 3.15. The third-order valence-corrected chi connectivity index (χ3v) is 2.70. The van der Waals surface area contributed by atoms with Crippen LogP contribution in [0.2, 0.25) is 0 Å². The number of benzene rings is 1. The minimum Gasteiger partial charge on any atom is -0.271 e. The highest BCUT2D eigenvalue weighted by atomic mass is 15.2. The first-order valence-electron chi connectivity index (χ1n) is 5.10. The predicted octanol–water partition coefficient (Wildman–Crippen LogP) is 2.46. The summed E-state index contributed by atoms with van der Waals surface area (Å²) < 4.78 is 0. The van der Waals surface area contributed by atoms with E-state index in [-0.39, 0.29) is 6.04 Å². The van der Waals surface area contributed by atoms with E-state index < -0.39 is 0 Å². The van der Waals surface area contributed by atoms with Crippen molar-refractivity contribution in [1.82, 2.24) is 5.43 Å². The summed E-state index contributed by atoms with van der Waals surface area (Å²) in [6.45, 7) is 8.62. The first kappa shape index (κ1) is 11.2. The number of hydrogen-bond acceptors (Lipinski definition) is 2. The van der Waals surface area contributed by atoms with E-state index in [9.17, 15) is 0 Å². The summed E-state index contributed by atoms with van der Waals surface area (Å²) in [6.07, 6.45) is 0. The van der Waals surface area contributed by atoms with E-state index in [1.165, 1.54) is 16.7 Å². The van der Waals surface area contributed by atoms with Gasteiger partial charge in [-0.15, -0.1) is 0 Å². The summed E-state index contributed by atoms with van der Waals surface area (Å²) in [6, 6.07) is 6.60. The fourth-order valence-electron chi connectivity index (χ4n) is 1.93. The quantitative estimate of drug-likeness (QED) is 0.570. The van der Waals surface area contributed by atoms with Gasteiger partial charge in [0, 0.05) is 6.04 Å². The summed E-state index contributed by atoms with van der Waals surface area (Å²) in [4.78, 5) is 0. The van der Waals surface area contributed by atoms with Crippen LogP contribution in [0, 0.1) is 19.8 Å². The number of nitrogens with two attached hydrogens (primary N) is 1. The van der Waals surface area contributed by atoms with Crippen LogP contribution in [0.1, 0.15) is 36.6 Å². The van der Waals surface area contributed by atoms with Crippen LogP contribution in [0.25, 0.3) is 0 Å². The Bertz CT molecular complexity index is 285. The predicted molar refractivity (Wildman–Crippen MR) is 60.8 cm³/mol. The Hall–Kier alpha value is -0.860. The molecule has 1 aromatic carbocycles. The molecule has 1 rings (SSSR count). The fourth-order valence-corrected chi connectivity index (χ4v) is 1.93. The Morgan fingerprint density at radius 2 is 1.64 bits per heavy atom. The van der Waals surface area contributed by atoms with Gasteiger partial charge in [0.2, 0.25) is 0 Å². The molecule has 0 aromatic heterocycles. The zero-order valence-electron chi connectivity index (χ0n) is 9.46. The highest BCUT2D eigenvalue weighted by molar-refractivity contribution is 5.36. The van der Waals surface area contributed by atoms with E-state index in [1.54, 1.807) is 0 Å². The van der Waals surface area contributed by atoms with Crippen LogP contribution in [0.5, 0.6) is 0 Å². The molecule has 0 heterocycles. The first-order chi connectivity index (χ1) is 6.57. The molecule has 1 atom stereocenters. The van der Waals surface area contributed by atoms with E-state index in [0.29, 0.717) is 5.92 Å². The van der Waals surface area contributed by atoms with Crippen LogP contribution in [0.15, 0.2) is 18.2 Å². The fraction of sp³-hybridized carbons (Fsp3) is 0.500. The van der Waals surface area contributed by atoms with Gasteiger partial charge in [-0.3, -0.25) is 11.3 Å². The lowest BCUT2D eigenvalue weighted by Gasteiger charge is -2.24. The van der Waals surface area contributed by atoms with Gasteiger partial charge in [0.15, 0.2) is 0 Å². The molecule has 0 spiro atoms. The molecule has 78 valence electrons. The van der Waals surface area contributed by atoms with Gasteiger partial charge in [-0.05, 0) is 36.5 Å². The largest absolute Gasteiger partial charge is 0.271 e. The maximum Gasteiger partial charge on any atom is 0.0488 e. The van der Waals surface area contributed by atoms with Gasteiger partial charge in [0.05, 0.1) is 0 Å².